The average Bonchev–Trinajstić information content (AvgIpc) is 2.94. The predicted octanol–water partition coefficient (Wildman–Crippen LogP) is 2.17. The monoisotopic (exact) mass is 379 g/mol. The fraction of sp³-hybridized carbons (Fsp3) is 0.429. The van der Waals surface area contributed by atoms with Crippen molar-refractivity contribution in [1.29, 1.82) is 0 Å². The molecule has 1 amide bonds. The fourth-order valence-corrected chi connectivity index (χ4v) is 2.20. The number of nitro benzene ring substituents is 1. The van der Waals surface area contributed by atoms with Gasteiger partial charge in [-0.05, 0) is 19.1 Å². The van der Waals surface area contributed by atoms with Crippen molar-refractivity contribution in [2.24, 2.45) is 5.10 Å². The van der Waals surface area contributed by atoms with Crippen LogP contribution < -0.4 is 4.74 Å². The average molecular weight is 379 g/mol. The number of carbonyl (C=O) groups is 1. The molecule has 2 atom stereocenters. The number of benzene rings is 1. The summed E-state index contributed by atoms with van der Waals surface area (Å²) in [5.74, 6) is -1.28. The van der Waals surface area contributed by atoms with Gasteiger partial charge in [0, 0.05) is 18.6 Å². The molecule has 0 saturated heterocycles. The standard InChI is InChI=1S/C14H13F4N3O5/c1-7(26-9-4-2-8(3-5-9)21(24)25)12(22)20-14(23,13(17)18)6-10(19-20)11(15)16/h2-5,7,11,13,23H,6H2,1H3/t7-,14-/m0/s1. The molecule has 1 aromatic rings. The van der Waals surface area contributed by atoms with E-state index in [4.69, 9.17) is 4.74 Å². The van der Waals surface area contributed by atoms with Crippen LogP contribution in [0, 0.1) is 10.1 Å². The minimum Gasteiger partial charge on any atom is -0.481 e. The van der Waals surface area contributed by atoms with Crippen LogP contribution in [0.2, 0.25) is 0 Å². The molecular weight excluding hydrogens is 366 g/mol. The third-order valence-corrected chi connectivity index (χ3v) is 3.55. The van der Waals surface area contributed by atoms with Crippen molar-refractivity contribution < 1.29 is 37.1 Å². The summed E-state index contributed by atoms with van der Waals surface area (Å²) in [7, 11) is 0. The number of rotatable bonds is 6. The van der Waals surface area contributed by atoms with E-state index in [-0.39, 0.29) is 16.4 Å². The first-order valence-electron chi connectivity index (χ1n) is 7.17. The highest BCUT2D eigenvalue weighted by molar-refractivity contribution is 5.93. The number of hydrogen-bond donors (Lipinski definition) is 1. The van der Waals surface area contributed by atoms with Gasteiger partial charge in [-0.1, -0.05) is 0 Å². The van der Waals surface area contributed by atoms with Crippen LogP contribution in [0.15, 0.2) is 29.4 Å². The lowest BCUT2D eigenvalue weighted by Gasteiger charge is -2.31. The Bertz CT molecular complexity index is 728. The van der Waals surface area contributed by atoms with E-state index in [1.165, 1.54) is 12.1 Å². The summed E-state index contributed by atoms with van der Waals surface area (Å²) >= 11 is 0. The van der Waals surface area contributed by atoms with Gasteiger partial charge in [-0.2, -0.15) is 10.1 Å². The highest BCUT2D eigenvalue weighted by Gasteiger charge is 2.54. The molecule has 1 aliphatic rings. The second-order valence-corrected chi connectivity index (χ2v) is 5.41. The molecule has 0 aromatic heterocycles. The summed E-state index contributed by atoms with van der Waals surface area (Å²) in [5, 5.41) is 23.5. The van der Waals surface area contributed by atoms with Crippen LogP contribution in [0.25, 0.3) is 0 Å². The number of carbonyl (C=O) groups excluding carboxylic acids is 1. The van der Waals surface area contributed by atoms with Crippen molar-refractivity contribution in [2.75, 3.05) is 0 Å². The van der Waals surface area contributed by atoms with Crippen molar-refractivity contribution >= 4 is 17.3 Å². The minimum absolute atomic E-state index is 0.00528. The molecule has 12 heteroatoms. The molecule has 8 nitrogen and oxygen atoms in total. The lowest BCUT2D eigenvalue weighted by atomic mass is 10.1. The Morgan fingerprint density at radius 2 is 1.92 bits per heavy atom. The molecule has 0 saturated carbocycles. The van der Waals surface area contributed by atoms with Crippen LogP contribution in [0.4, 0.5) is 23.2 Å². The zero-order valence-electron chi connectivity index (χ0n) is 13.2. The van der Waals surface area contributed by atoms with Crippen molar-refractivity contribution in [3.63, 3.8) is 0 Å². The smallest absolute Gasteiger partial charge is 0.287 e. The molecule has 0 aliphatic carbocycles. The number of alkyl halides is 4. The normalized spacial score (nSPS) is 21.1. The number of ether oxygens (including phenoxy) is 1. The number of nitro groups is 1. The molecule has 1 N–H and O–H groups in total. The van der Waals surface area contributed by atoms with E-state index < -0.39 is 47.6 Å². The first-order valence-corrected chi connectivity index (χ1v) is 7.17. The molecule has 0 radical (unpaired) electrons. The summed E-state index contributed by atoms with van der Waals surface area (Å²) in [6, 6.07) is 4.51. The number of hydrazone groups is 1. The zero-order chi connectivity index (χ0) is 19.6. The van der Waals surface area contributed by atoms with Crippen LogP contribution in [0.5, 0.6) is 5.75 Å². The first kappa shape index (κ1) is 19.6. The van der Waals surface area contributed by atoms with Gasteiger partial charge in [0.2, 0.25) is 5.72 Å². The van der Waals surface area contributed by atoms with E-state index in [0.717, 1.165) is 19.1 Å². The van der Waals surface area contributed by atoms with E-state index in [2.05, 4.69) is 5.10 Å². The molecule has 0 spiro atoms. The number of nitrogens with zero attached hydrogens (tertiary/aromatic N) is 3. The van der Waals surface area contributed by atoms with Gasteiger partial charge in [-0.3, -0.25) is 14.9 Å². The van der Waals surface area contributed by atoms with Crippen molar-refractivity contribution in [2.45, 2.75) is 38.0 Å². The Morgan fingerprint density at radius 1 is 1.35 bits per heavy atom. The maximum absolute atomic E-state index is 13.1. The molecule has 1 aliphatic heterocycles. The van der Waals surface area contributed by atoms with Crippen LogP contribution in [0.1, 0.15) is 13.3 Å². The zero-order valence-corrected chi connectivity index (χ0v) is 13.2. The minimum atomic E-state index is -3.54. The molecular formula is C14H13F4N3O5. The summed E-state index contributed by atoms with van der Waals surface area (Å²) in [5.41, 5.74) is -4.49. The largest absolute Gasteiger partial charge is 0.481 e. The second kappa shape index (κ2) is 7.23. The maximum atomic E-state index is 13.1. The first-order chi connectivity index (χ1) is 12.1. The molecule has 0 unspecified atom stereocenters. The third-order valence-electron chi connectivity index (χ3n) is 3.55. The van der Waals surface area contributed by atoms with Gasteiger partial charge in [0.15, 0.2) is 6.10 Å². The van der Waals surface area contributed by atoms with Gasteiger partial charge in [-0.25, -0.2) is 17.6 Å². The van der Waals surface area contributed by atoms with Crippen LogP contribution in [-0.4, -0.2) is 51.3 Å². The number of amides is 1. The van der Waals surface area contributed by atoms with Crippen molar-refractivity contribution in [3.05, 3.63) is 34.4 Å². The Labute approximate surface area is 143 Å². The lowest BCUT2D eigenvalue weighted by Crippen LogP contribution is -2.54. The SMILES string of the molecule is C[C@H](Oc1ccc([N+](=O)[O-])cc1)C(=O)N1N=C(C(F)F)C[C@]1(O)C(F)F. The van der Waals surface area contributed by atoms with E-state index >= 15 is 0 Å². The number of halogens is 4. The van der Waals surface area contributed by atoms with E-state index in [1.807, 2.05) is 0 Å². The van der Waals surface area contributed by atoms with E-state index in [1.54, 1.807) is 0 Å². The summed E-state index contributed by atoms with van der Waals surface area (Å²) < 4.78 is 56.8. The summed E-state index contributed by atoms with van der Waals surface area (Å²) in [6.07, 6.45) is -9.44. The predicted molar refractivity (Wildman–Crippen MR) is 79.0 cm³/mol. The van der Waals surface area contributed by atoms with Gasteiger partial charge < -0.3 is 9.84 Å². The molecule has 26 heavy (non-hydrogen) atoms. The lowest BCUT2D eigenvalue weighted by molar-refractivity contribution is -0.384. The molecule has 1 aromatic carbocycles. The van der Waals surface area contributed by atoms with Gasteiger partial charge in [0.1, 0.15) is 11.5 Å². The van der Waals surface area contributed by atoms with Gasteiger partial charge in [0.25, 0.3) is 24.4 Å². The highest BCUT2D eigenvalue weighted by Crippen LogP contribution is 2.34. The fourth-order valence-electron chi connectivity index (χ4n) is 2.20. The van der Waals surface area contributed by atoms with Crippen molar-refractivity contribution in [1.82, 2.24) is 5.01 Å². The number of aliphatic hydroxyl groups is 1. The van der Waals surface area contributed by atoms with E-state index in [0.29, 0.717) is 0 Å². The Hall–Kier alpha value is -2.76. The summed E-state index contributed by atoms with van der Waals surface area (Å²) in [4.78, 5) is 22.2. The van der Waals surface area contributed by atoms with Crippen LogP contribution in [-0.2, 0) is 4.79 Å². The highest BCUT2D eigenvalue weighted by atomic mass is 19.3. The molecule has 0 fully saturated rings. The Balaban J connectivity index is 2.18. The Kier molecular flexibility index (Phi) is 5.44. The Morgan fingerprint density at radius 3 is 2.38 bits per heavy atom. The van der Waals surface area contributed by atoms with Gasteiger partial charge >= 0.3 is 0 Å². The van der Waals surface area contributed by atoms with Crippen LogP contribution in [0.3, 0.4) is 0 Å². The quantitative estimate of drug-likeness (QED) is 0.463. The second-order valence-electron chi connectivity index (χ2n) is 5.41. The molecule has 0 bridgehead atoms. The molecule has 142 valence electrons. The van der Waals surface area contributed by atoms with Crippen LogP contribution >= 0.6 is 0 Å². The van der Waals surface area contributed by atoms with Crippen molar-refractivity contribution in [3.8, 4) is 5.75 Å². The molecule has 2 rings (SSSR count). The summed E-state index contributed by atoms with van der Waals surface area (Å²) in [6.45, 7) is 1.13. The van der Waals surface area contributed by atoms with Gasteiger partial charge in [0.05, 0.1) is 4.92 Å². The van der Waals surface area contributed by atoms with Gasteiger partial charge in [-0.15, -0.1) is 0 Å². The number of hydrogen-bond acceptors (Lipinski definition) is 6. The third kappa shape index (κ3) is 3.74. The molecule has 1 heterocycles. The maximum Gasteiger partial charge on any atom is 0.287 e. The number of non-ortho nitro benzene ring substituents is 1. The topological polar surface area (TPSA) is 105 Å². The van der Waals surface area contributed by atoms with E-state index in [9.17, 15) is 37.6 Å².